The summed E-state index contributed by atoms with van der Waals surface area (Å²) in [6.07, 6.45) is 6.13. The lowest BCUT2D eigenvalue weighted by atomic mass is 10.2. The summed E-state index contributed by atoms with van der Waals surface area (Å²) < 4.78 is 4.55. The Morgan fingerprint density at radius 2 is 2.18 bits per heavy atom. The summed E-state index contributed by atoms with van der Waals surface area (Å²) in [7, 11) is 0. The SMILES string of the molecule is C=COC(=O)CCCCCC. The highest BCUT2D eigenvalue weighted by atomic mass is 16.5. The molecule has 2 nitrogen and oxygen atoms in total. The quantitative estimate of drug-likeness (QED) is 0.336. The highest BCUT2D eigenvalue weighted by Crippen LogP contribution is 2.03. The second-order valence-electron chi connectivity index (χ2n) is 2.47. The molecule has 0 fully saturated rings. The van der Waals surface area contributed by atoms with E-state index >= 15 is 0 Å². The Hall–Kier alpha value is -0.790. The van der Waals surface area contributed by atoms with E-state index in [0.717, 1.165) is 12.8 Å². The van der Waals surface area contributed by atoms with E-state index in [-0.39, 0.29) is 5.97 Å². The van der Waals surface area contributed by atoms with Crippen LogP contribution in [0.4, 0.5) is 0 Å². The average Bonchev–Trinajstić information content (AvgIpc) is 1.99. The summed E-state index contributed by atoms with van der Waals surface area (Å²) in [6.45, 7) is 5.44. The number of carbonyl (C=O) groups is 1. The van der Waals surface area contributed by atoms with Crippen molar-refractivity contribution in [1.82, 2.24) is 0 Å². The Bertz CT molecular complexity index is 119. The highest BCUT2D eigenvalue weighted by molar-refractivity contribution is 5.69. The van der Waals surface area contributed by atoms with Crippen molar-refractivity contribution < 1.29 is 9.53 Å². The molecule has 0 aromatic carbocycles. The first kappa shape index (κ1) is 10.2. The predicted octanol–water partition coefficient (Wildman–Crippen LogP) is 2.64. The first-order valence-electron chi connectivity index (χ1n) is 4.11. The number of ether oxygens (including phenoxy) is 1. The Kier molecular flexibility index (Phi) is 6.79. The Morgan fingerprint density at radius 3 is 2.73 bits per heavy atom. The summed E-state index contributed by atoms with van der Waals surface area (Å²) in [4.78, 5) is 10.7. The van der Waals surface area contributed by atoms with Gasteiger partial charge < -0.3 is 4.74 Å². The Labute approximate surface area is 68.2 Å². The first-order valence-corrected chi connectivity index (χ1v) is 4.11. The lowest BCUT2D eigenvalue weighted by Gasteiger charge is -1.97. The fraction of sp³-hybridized carbons (Fsp3) is 0.667. The molecule has 0 aliphatic rings. The minimum Gasteiger partial charge on any atom is -0.435 e. The van der Waals surface area contributed by atoms with Crippen LogP contribution in [0.5, 0.6) is 0 Å². The molecule has 0 unspecified atom stereocenters. The van der Waals surface area contributed by atoms with Gasteiger partial charge in [0.15, 0.2) is 0 Å². The molecule has 0 heterocycles. The summed E-state index contributed by atoms with van der Waals surface area (Å²) in [5.41, 5.74) is 0. The molecule has 2 heteroatoms. The molecule has 0 N–H and O–H groups in total. The maximum absolute atomic E-state index is 10.7. The number of hydrogen-bond donors (Lipinski definition) is 0. The van der Waals surface area contributed by atoms with Gasteiger partial charge in [0.1, 0.15) is 0 Å². The first-order chi connectivity index (χ1) is 5.31. The van der Waals surface area contributed by atoms with E-state index in [4.69, 9.17) is 0 Å². The van der Waals surface area contributed by atoms with E-state index in [2.05, 4.69) is 18.2 Å². The molecule has 0 spiro atoms. The fourth-order valence-corrected chi connectivity index (χ4v) is 0.848. The number of hydrogen-bond acceptors (Lipinski definition) is 2. The average molecular weight is 156 g/mol. The van der Waals surface area contributed by atoms with Gasteiger partial charge in [-0.2, -0.15) is 0 Å². The summed E-state index contributed by atoms with van der Waals surface area (Å²) in [6, 6.07) is 0. The topological polar surface area (TPSA) is 26.3 Å². The van der Waals surface area contributed by atoms with Crippen molar-refractivity contribution in [2.45, 2.75) is 39.0 Å². The van der Waals surface area contributed by atoms with Gasteiger partial charge in [0.05, 0.1) is 6.26 Å². The monoisotopic (exact) mass is 156 g/mol. The standard InChI is InChI=1S/C9H16O2/c1-3-5-6-7-8-9(10)11-4-2/h4H,2-3,5-8H2,1H3. The van der Waals surface area contributed by atoms with Gasteiger partial charge in [0, 0.05) is 6.42 Å². The lowest BCUT2D eigenvalue weighted by Crippen LogP contribution is -1.98. The Balaban J connectivity index is 3.10. The van der Waals surface area contributed by atoms with Gasteiger partial charge in [0.2, 0.25) is 0 Å². The van der Waals surface area contributed by atoms with Crippen LogP contribution in [0.2, 0.25) is 0 Å². The zero-order valence-corrected chi connectivity index (χ0v) is 7.14. The van der Waals surface area contributed by atoms with Gasteiger partial charge in [-0.3, -0.25) is 4.79 Å². The molecule has 11 heavy (non-hydrogen) atoms. The summed E-state index contributed by atoms with van der Waals surface area (Å²) >= 11 is 0. The van der Waals surface area contributed by atoms with Gasteiger partial charge in [0.25, 0.3) is 0 Å². The van der Waals surface area contributed by atoms with Gasteiger partial charge in [-0.1, -0.05) is 32.8 Å². The van der Waals surface area contributed by atoms with Crippen molar-refractivity contribution in [2.75, 3.05) is 0 Å². The molecular formula is C9H16O2. The van der Waals surface area contributed by atoms with Crippen LogP contribution in [-0.4, -0.2) is 5.97 Å². The van der Waals surface area contributed by atoms with Crippen LogP contribution in [0.15, 0.2) is 12.8 Å². The smallest absolute Gasteiger partial charge is 0.310 e. The van der Waals surface area contributed by atoms with Crippen LogP contribution in [0.3, 0.4) is 0 Å². The van der Waals surface area contributed by atoms with E-state index in [0.29, 0.717) is 6.42 Å². The number of rotatable bonds is 6. The molecule has 64 valence electrons. The largest absolute Gasteiger partial charge is 0.435 e. The second-order valence-corrected chi connectivity index (χ2v) is 2.47. The van der Waals surface area contributed by atoms with E-state index in [9.17, 15) is 4.79 Å². The van der Waals surface area contributed by atoms with Crippen molar-refractivity contribution in [3.63, 3.8) is 0 Å². The normalized spacial score (nSPS) is 9.18. The van der Waals surface area contributed by atoms with E-state index in [1.54, 1.807) is 0 Å². The van der Waals surface area contributed by atoms with Crippen molar-refractivity contribution >= 4 is 5.97 Å². The van der Waals surface area contributed by atoms with Crippen LogP contribution in [0.25, 0.3) is 0 Å². The van der Waals surface area contributed by atoms with Crippen LogP contribution in [-0.2, 0) is 9.53 Å². The third-order valence-corrected chi connectivity index (χ3v) is 1.45. The minimum absolute atomic E-state index is 0.170. The Morgan fingerprint density at radius 1 is 1.45 bits per heavy atom. The molecule has 0 bridgehead atoms. The van der Waals surface area contributed by atoms with E-state index < -0.39 is 0 Å². The van der Waals surface area contributed by atoms with E-state index in [1.165, 1.54) is 19.1 Å². The zero-order chi connectivity index (χ0) is 8.53. The van der Waals surface area contributed by atoms with Crippen LogP contribution < -0.4 is 0 Å². The van der Waals surface area contributed by atoms with Crippen molar-refractivity contribution in [2.24, 2.45) is 0 Å². The van der Waals surface area contributed by atoms with Crippen LogP contribution >= 0.6 is 0 Å². The van der Waals surface area contributed by atoms with Crippen LogP contribution in [0, 0.1) is 0 Å². The number of esters is 1. The number of carbonyl (C=O) groups excluding carboxylic acids is 1. The molecule has 0 aromatic rings. The summed E-state index contributed by atoms with van der Waals surface area (Å²) in [5, 5.41) is 0. The maximum atomic E-state index is 10.7. The minimum atomic E-state index is -0.170. The molecule has 0 radical (unpaired) electrons. The van der Waals surface area contributed by atoms with Gasteiger partial charge in [-0.15, -0.1) is 0 Å². The molecular weight excluding hydrogens is 140 g/mol. The zero-order valence-electron chi connectivity index (χ0n) is 7.14. The maximum Gasteiger partial charge on any atom is 0.310 e. The van der Waals surface area contributed by atoms with E-state index in [1.807, 2.05) is 0 Å². The van der Waals surface area contributed by atoms with Gasteiger partial charge in [-0.05, 0) is 6.42 Å². The molecule has 0 saturated carbocycles. The third-order valence-electron chi connectivity index (χ3n) is 1.45. The van der Waals surface area contributed by atoms with Crippen molar-refractivity contribution in [1.29, 1.82) is 0 Å². The van der Waals surface area contributed by atoms with Gasteiger partial charge >= 0.3 is 5.97 Å². The second kappa shape index (κ2) is 7.32. The molecule has 0 atom stereocenters. The number of unbranched alkanes of at least 4 members (excludes halogenated alkanes) is 3. The predicted molar refractivity (Wildman–Crippen MR) is 45.0 cm³/mol. The van der Waals surface area contributed by atoms with Gasteiger partial charge in [-0.25, -0.2) is 0 Å². The van der Waals surface area contributed by atoms with Crippen LogP contribution in [0.1, 0.15) is 39.0 Å². The van der Waals surface area contributed by atoms with Crippen molar-refractivity contribution in [3.05, 3.63) is 12.8 Å². The highest BCUT2D eigenvalue weighted by Gasteiger charge is 1.98. The molecule has 0 saturated heterocycles. The molecule has 0 aromatic heterocycles. The molecule has 0 amide bonds. The summed E-state index contributed by atoms with van der Waals surface area (Å²) in [5.74, 6) is -0.170. The molecule has 0 aliphatic heterocycles. The lowest BCUT2D eigenvalue weighted by molar-refractivity contribution is -0.138. The third kappa shape index (κ3) is 7.10. The molecule has 0 aliphatic carbocycles. The fourth-order valence-electron chi connectivity index (χ4n) is 0.848. The molecule has 0 rings (SSSR count). The van der Waals surface area contributed by atoms with Crippen molar-refractivity contribution in [3.8, 4) is 0 Å².